The van der Waals surface area contributed by atoms with Crippen LogP contribution in [0.4, 0.5) is 0 Å². The summed E-state index contributed by atoms with van der Waals surface area (Å²) >= 11 is 0. The third kappa shape index (κ3) is 4.49. The van der Waals surface area contributed by atoms with E-state index in [-0.39, 0.29) is 18.0 Å². The zero-order valence-corrected chi connectivity index (χ0v) is 17.5. The molecule has 2 heteroatoms. The van der Waals surface area contributed by atoms with Gasteiger partial charge in [0.25, 0.3) is 0 Å². The molecule has 0 bridgehead atoms. The van der Waals surface area contributed by atoms with Crippen LogP contribution in [0.1, 0.15) is 55.0 Å². The molecule has 4 rings (SSSR count). The highest BCUT2D eigenvalue weighted by molar-refractivity contribution is 5.38. The van der Waals surface area contributed by atoms with Gasteiger partial charge in [-0.3, -0.25) is 0 Å². The topological polar surface area (TPSA) is 32.3 Å². The Labute approximate surface area is 180 Å². The lowest BCUT2D eigenvalue weighted by molar-refractivity contribution is -0.0317. The van der Waals surface area contributed by atoms with Crippen molar-refractivity contribution in [1.29, 1.82) is 0 Å². The van der Waals surface area contributed by atoms with Crippen molar-refractivity contribution in [3.8, 4) is 11.8 Å². The third-order valence-corrected chi connectivity index (χ3v) is 6.07. The Balaban J connectivity index is 1.77. The minimum Gasteiger partial charge on any atom is -0.377 e. The molecular formula is C28H29NO. The first-order valence-corrected chi connectivity index (χ1v) is 10.9. The van der Waals surface area contributed by atoms with Crippen LogP contribution in [0.15, 0.2) is 91.0 Å². The molecule has 4 atom stereocenters. The Morgan fingerprint density at radius 3 is 2.03 bits per heavy atom. The van der Waals surface area contributed by atoms with E-state index < -0.39 is 5.60 Å². The molecule has 0 radical (unpaired) electrons. The number of benzene rings is 3. The number of nitrogens with one attached hydrogen (secondary N) is 1. The predicted molar refractivity (Wildman–Crippen MR) is 123 cm³/mol. The van der Waals surface area contributed by atoms with E-state index in [1.807, 2.05) is 42.5 Å². The van der Waals surface area contributed by atoms with Crippen molar-refractivity contribution in [3.63, 3.8) is 0 Å². The van der Waals surface area contributed by atoms with E-state index in [1.54, 1.807) is 0 Å². The Bertz CT molecular complexity index is 990. The van der Waals surface area contributed by atoms with Crippen molar-refractivity contribution in [2.45, 2.75) is 43.9 Å². The first-order valence-electron chi connectivity index (χ1n) is 10.9. The van der Waals surface area contributed by atoms with E-state index in [4.69, 9.17) is 0 Å². The summed E-state index contributed by atoms with van der Waals surface area (Å²) < 4.78 is 0. The van der Waals surface area contributed by atoms with Gasteiger partial charge in [0, 0.05) is 30.0 Å². The van der Waals surface area contributed by atoms with Gasteiger partial charge in [0.05, 0.1) is 0 Å². The van der Waals surface area contributed by atoms with Crippen LogP contribution in [0.25, 0.3) is 0 Å². The maximum atomic E-state index is 12.0. The zero-order chi connectivity index (χ0) is 20.8. The summed E-state index contributed by atoms with van der Waals surface area (Å²) in [6, 6.07) is 30.9. The summed E-state index contributed by atoms with van der Waals surface area (Å²) in [5.74, 6) is 6.59. The van der Waals surface area contributed by atoms with Gasteiger partial charge in [-0.05, 0) is 29.7 Å². The van der Waals surface area contributed by atoms with Crippen LogP contribution in [0, 0.1) is 17.8 Å². The number of hydrogen-bond donors (Lipinski definition) is 2. The number of aliphatic hydroxyl groups is 1. The molecule has 2 N–H and O–H groups in total. The highest BCUT2D eigenvalue weighted by Gasteiger charge is 2.47. The maximum absolute atomic E-state index is 12.0. The molecule has 1 fully saturated rings. The van der Waals surface area contributed by atoms with Crippen molar-refractivity contribution < 1.29 is 5.11 Å². The van der Waals surface area contributed by atoms with Gasteiger partial charge in [0.15, 0.2) is 0 Å². The van der Waals surface area contributed by atoms with Gasteiger partial charge in [-0.2, -0.15) is 0 Å². The average Bonchev–Trinajstić information content (AvgIpc) is 2.81. The smallest absolute Gasteiger partial charge is 0.132 e. The fourth-order valence-corrected chi connectivity index (χ4v) is 4.58. The second-order valence-corrected chi connectivity index (χ2v) is 8.16. The molecule has 2 nitrogen and oxygen atoms in total. The largest absolute Gasteiger partial charge is 0.377 e. The number of piperidine rings is 1. The van der Waals surface area contributed by atoms with Crippen LogP contribution < -0.4 is 5.32 Å². The highest BCUT2D eigenvalue weighted by Crippen LogP contribution is 2.45. The molecule has 1 aliphatic heterocycles. The van der Waals surface area contributed by atoms with Gasteiger partial charge >= 0.3 is 0 Å². The van der Waals surface area contributed by atoms with Crippen molar-refractivity contribution in [2.75, 3.05) is 0 Å². The van der Waals surface area contributed by atoms with Gasteiger partial charge in [0.1, 0.15) is 5.60 Å². The average molecular weight is 396 g/mol. The van der Waals surface area contributed by atoms with Crippen LogP contribution in [0.5, 0.6) is 0 Å². The summed E-state index contributed by atoms with van der Waals surface area (Å²) in [6.45, 7) is 2.18. The van der Waals surface area contributed by atoms with Gasteiger partial charge in [0.2, 0.25) is 0 Å². The fourth-order valence-electron chi connectivity index (χ4n) is 4.58. The molecule has 152 valence electrons. The summed E-state index contributed by atoms with van der Waals surface area (Å²) in [7, 11) is 0. The predicted octanol–water partition coefficient (Wildman–Crippen LogP) is 5.66. The van der Waals surface area contributed by atoms with Crippen LogP contribution in [-0.2, 0) is 0 Å². The molecule has 1 aliphatic rings. The third-order valence-electron chi connectivity index (χ3n) is 6.07. The molecule has 3 aromatic rings. The Morgan fingerprint density at radius 1 is 0.867 bits per heavy atom. The molecule has 30 heavy (non-hydrogen) atoms. The van der Waals surface area contributed by atoms with E-state index in [2.05, 4.69) is 72.6 Å². The molecule has 0 aliphatic carbocycles. The van der Waals surface area contributed by atoms with Gasteiger partial charge in [-0.1, -0.05) is 104 Å². The van der Waals surface area contributed by atoms with Crippen molar-refractivity contribution in [1.82, 2.24) is 5.32 Å². The maximum Gasteiger partial charge on any atom is 0.132 e. The number of hydrogen-bond acceptors (Lipinski definition) is 2. The van der Waals surface area contributed by atoms with E-state index in [1.165, 1.54) is 11.1 Å². The molecule has 1 saturated heterocycles. The summed E-state index contributed by atoms with van der Waals surface area (Å²) in [6.07, 6.45) is 2.49. The summed E-state index contributed by atoms with van der Waals surface area (Å²) in [5, 5.41) is 15.8. The Morgan fingerprint density at radius 2 is 1.43 bits per heavy atom. The first-order chi connectivity index (χ1) is 14.7. The minimum absolute atomic E-state index is 0.0149. The summed E-state index contributed by atoms with van der Waals surface area (Å²) in [5.41, 5.74) is 2.26. The molecule has 3 aromatic carbocycles. The van der Waals surface area contributed by atoms with E-state index >= 15 is 0 Å². The van der Waals surface area contributed by atoms with Gasteiger partial charge in [-0.15, -0.1) is 0 Å². The summed E-state index contributed by atoms with van der Waals surface area (Å²) in [4.78, 5) is 0. The molecule has 0 saturated carbocycles. The van der Waals surface area contributed by atoms with Crippen LogP contribution in [0.3, 0.4) is 0 Å². The van der Waals surface area contributed by atoms with Crippen molar-refractivity contribution >= 4 is 0 Å². The molecule has 0 spiro atoms. The molecule has 0 unspecified atom stereocenters. The Kier molecular flexibility index (Phi) is 6.33. The lowest BCUT2D eigenvalue weighted by Gasteiger charge is -2.46. The van der Waals surface area contributed by atoms with Crippen molar-refractivity contribution in [2.24, 2.45) is 5.92 Å². The van der Waals surface area contributed by atoms with Crippen molar-refractivity contribution in [3.05, 3.63) is 108 Å². The Hall–Kier alpha value is -2.86. The lowest BCUT2D eigenvalue weighted by atomic mass is 9.69. The van der Waals surface area contributed by atoms with Gasteiger partial charge in [-0.25, -0.2) is 0 Å². The number of rotatable bonds is 4. The van der Waals surface area contributed by atoms with Crippen LogP contribution in [-0.4, -0.2) is 10.7 Å². The SMILES string of the molecule is CCC[C@H]1[C@@H](c2ccccc2)N[C@H](c2ccccc2)C[C@]1(O)C#Cc1ccccc1. The zero-order valence-electron chi connectivity index (χ0n) is 17.5. The fraction of sp³-hybridized carbons (Fsp3) is 0.286. The van der Waals surface area contributed by atoms with Gasteiger partial charge < -0.3 is 10.4 Å². The molecule has 0 aromatic heterocycles. The quantitative estimate of drug-likeness (QED) is 0.559. The highest BCUT2D eigenvalue weighted by atomic mass is 16.3. The van der Waals surface area contributed by atoms with Crippen LogP contribution >= 0.6 is 0 Å². The second-order valence-electron chi connectivity index (χ2n) is 8.16. The monoisotopic (exact) mass is 395 g/mol. The second kappa shape index (κ2) is 9.30. The minimum atomic E-state index is -1.07. The molecule has 1 heterocycles. The first kappa shape index (κ1) is 20.4. The molecule has 0 amide bonds. The van der Waals surface area contributed by atoms with E-state index in [0.29, 0.717) is 6.42 Å². The molecular weight excluding hydrogens is 366 g/mol. The van der Waals surface area contributed by atoms with E-state index in [9.17, 15) is 5.11 Å². The lowest BCUT2D eigenvalue weighted by Crippen LogP contribution is -2.52. The normalized spacial score (nSPS) is 25.9. The van der Waals surface area contributed by atoms with E-state index in [0.717, 1.165) is 18.4 Å². The standard InChI is InChI=1S/C28H29NO/c1-2-12-25-27(24-17-10-5-11-18-24)29-26(23-15-8-4-9-16-23)21-28(25,30)20-19-22-13-6-3-7-14-22/h3-11,13-18,25-27,29-30H,2,12,21H2,1H3/t25-,26-,27+,28+/m0/s1. The van der Waals surface area contributed by atoms with Crippen LogP contribution in [0.2, 0.25) is 0 Å².